The summed E-state index contributed by atoms with van der Waals surface area (Å²) in [5.74, 6) is 0.192. The molecular formula is C29H37Cl2N3O3S. The van der Waals surface area contributed by atoms with Crippen LogP contribution in [0.4, 0.5) is 0 Å². The molecule has 38 heavy (non-hydrogen) atoms. The van der Waals surface area contributed by atoms with Gasteiger partial charge in [0.05, 0.1) is 11.5 Å². The highest BCUT2D eigenvalue weighted by Gasteiger charge is 2.53. The van der Waals surface area contributed by atoms with Gasteiger partial charge in [0, 0.05) is 49.7 Å². The molecule has 2 fully saturated rings. The van der Waals surface area contributed by atoms with Crippen LogP contribution in [0.2, 0.25) is 10.0 Å². The Morgan fingerprint density at radius 2 is 1.74 bits per heavy atom. The number of hydrogen-bond acceptors (Lipinski definition) is 3. The molecule has 6 nitrogen and oxygen atoms in total. The maximum absolute atomic E-state index is 14.5. The maximum atomic E-state index is 14.5. The molecule has 206 valence electrons. The maximum Gasteiger partial charge on any atom is 0.281 e. The van der Waals surface area contributed by atoms with Crippen molar-refractivity contribution in [2.45, 2.75) is 50.6 Å². The topological polar surface area (TPSA) is 60.9 Å². The number of likely N-dealkylation sites (tertiary alicyclic amines) is 1. The summed E-state index contributed by atoms with van der Waals surface area (Å²) in [5.41, 5.74) is 1.33. The quantitative estimate of drug-likeness (QED) is 0.318. The molecule has 2 aromatic carbocycles. The van der Waals surface area contributed by atoms with Crippen molar-refractivity contribution in [1.29, 1.82) is 0 Å². The van der Waals surface area contributed by atoms with Gasteiger partial charge in [0.2, 0.25) is 5.91 Å². The monoisotopic (exact) mass is 577 g/mol. The van der Waals surface area contributed by atoms with Gasteiger partial charge in [-0.25, -0.2) is 0 Å². The summed E-state index contributed by atoms with van der Waals surface area (Å²) in [6.07, 6.45) is 4.86. The summed E-state index contributed by atoms with van der Waals surface area (Å²) >= 11 is 12.7. The number of carbonyl (C=O) groups excluding carboxylic acids is 1. The molecule has 1 unspecified atom stereocenters. The van der Waals surface area contributed by atoms with E-state index in [2.05, 4.69) is 12.6 Å². The second kappa shape index (κ2) is 11.3. The van der Waals surface area contributed by atoms with Crippen molar-refractivity contribution in [1.82, 2.24) is 13.5 Å². The molecule has 4 rings (SSSR count). The number of carbonyl (C=O) groups is 1. The average Bonchev–Trinajstić information content (AvgIpc) is 3.70. The lowest BCUT2D eigenvalue weighted by Gasteiger charge is -2.52. The second-order valence-corrected chi connectivity index (χ2v) is 14.2. The zero-order valence-corrected chi connectivity index (χ0v) is 24.8. The number of nitrogens with zero attached hydrogens (tertiary/aromatic N) is 3. The summed E-state index contributed by atoms with van der Waals surface area (Å²) < 4.78 is 28.6. The van der Waals surface area contributed by atoms with E-state index in [-0.39, 0.29) is 36.4 Å². The van der Waals surface area contributed by atoms with Gasteiger partial charge in [-0.05, 0) is 67.0 Å². The zero-order chi connectivity index (χ0) is 27.8. The Labute approximate surface area is 237 Å². The van der Waals surface area contributed by atoms with Gasteiger partial charge in [-0.2, -0.15) is 17.0 Å². The van der Waals surface area contributed by atoms with Gasteiger partial charge in [-0.15, -0.1) is 6.58 Å². The normalized spacial score (nSPS) is 25.2. The molecule has 0 aromatic heterocycles. The number of likely N-dealkylation sites (N-methyl/N-ethyl adjacent to an activating group) is 1. The molecule has 0 radical (unpaired) electrons. The van der Waals surface area contributed by atoms with Crippen molar-refractivity contribution in [3.8, 4) is 0 Å². The van der Waals surface area contributed by atoms with Crippen molar-refractivity contribution in [2.75, 3.05) is 27.7 Å². The third-order valence-corrected chi connectivity index (χ3v) is 10.4. The minimum atomic E-state index is -3.65. The SMILES string of the molecule is C=CC[C@@]1(C)C[C@H](c2cccc(Cl)c2)[C@@H](c2ccc(Cl)cc2)N(C(CN(C)S(=O)(=O)N(C)C)C2CC2)C1=O. The predicted molar refractivity (Wildman–Crippen MR) is 155 cm³/mol. The van der Waals surface area contributed by atoms with Crippen LogP contribution >= 0.6 is 23.2 Å². The molecule has 1 saturated heterocycles. The Balaban J connectivity index is 1.89. The summed E-state index contributed by atoms with van der Waals surface area (Å²) in [6, 6.07) is 14.9. The van der Waals surface area contributed by atoms with E-state index in [1.165, 1.54) is 22.7 Å². The van der Waals surface area contributed by atoms with Gasteiger partial charge >= 0.3 is 0 Å². The van der Waals surface area contributed by atoms with E-state index in [1.807, 2.05) is 60.4 Å². The molecule has 2 aromatic rings. The van der Waals surface area contributed by atoms with Crippen molar-refractivity contribution in [3.05, 3.63) is 82.4 Å². The van der Waals surface area contributed by atoms with Crippen molar-refractivity contribution < 1.29 is 13.2 Å². The van der Waals surface area contributed by atoms with Crippen LogP contribution in [0.5, 0.6) is 0 Å². The Hall–Kier alpha value is -1.90. The van der Waals surface area contributed by atoms with Crippen LogP contribution in [0.15, 0.2) is 61.2 Å². The van der Waals surface area contributed by atoms with Crippen molar-refractivity contribution in [2.24, 2.45) is 11.3 Å². The lowest BCUT2D eigenvalue weighted by molar-refractivity contribution is -0.155. The predicted octanol–water partition coefficient (Wildman–Crippen LogP) is 6.15. The van der Waals surface area contributed by atoms with E-state index in [9.17, 15) is 13.2 Å². The first kappa shape index (κ1) is 29.1. The zero-order valence-electron chi connectivity index (χ0n) is 22.5. The minimum Gasteiger partial charge on any atom is -0.330 e. The molecule has 1 amide bonds. The number of halogens is 2. The first-order chi connectivity index (χ1) is 17.9. The minimum absolute atomic E-state index is 0.0307. The molecule has 0 bridgehead atoms. The molecule has 1 aliphatic carbocycles. The number of amides is 1. The smallest absolute Gasteiger partial charge is 0.281 e. The Kier molecular flexibility index (Phi) is 8.65. The molecule has 1 aliphatic heterocycles. The van der Waals surface area contributed by atoms with Crippen LogP contribution in [0.3, 0.4) is 0 Å². The lowest BCUT2D eigenvalue weighted by atomic mass is 9.67. The van der Waals surface area contributed by atoms with Crippen molar-refractivity contribution in [3.63, 3.8) is 0 Å². The summed E-state index contributed by atoms with van der Waals surface area (Å²) in [5, 5.41) is 1.26. The van der Waals surface area contributed by atoms with Gasteiger partial charge in [0.1, 0.15) is 0 Å². The number of rotatable bonds is 10. The Bertz CT molecular complexity index is 1280. The van der Waals surface area contributed by atoms with Gasteiger partial charge < -0.3 is 4.90 Å². The highest BCUT2D eigenvalue weighted by atomic mass is 35.5. The highest BCUT2D eigenvalue weighted by molar-refractivity contribution is 7.86. The summed E-state index contributed by atoms with van der Waals surface area (Å²) in [7, 11) is 0.986. The van der Waals surface area contributed by atoms with Gasteiger partial charge in [-0.1, -0.05) is 60.5 Å². The fourth-order valence-corrected chi connectivity index (χ4v) is 7.06. The number of hydrogen-bond donors (Lipinski definition) is 0. The second-order valence-electron chi connectivity index (χ2n) is 11.1. The first-order valence-electron chi connectivity index (χ1n) is 13.0. The van der Waals surface area contributed by atoms with Crippen LogP contribution in [0, 0.1) is 11.3 Å². The van der Waals surface area contributed by atoms with E-state index >= 15 is 0 Å². The molecule has 4 atom stereocenters. The molecule has 1 saturated carbocycles. The van der Waals surface area contributed by atoms with Crippen molar-refractivity contribution >= 4 is 39.3 Å². The van der Waals surface area contributed by atoms with Crippen LogP contribution in [0.25, 0.3) is 0 Å². The van der Waals surface area contributed by atoms with Crippen LogP contribution < -0.4 is 0 Å². The molecule has 9 heteroatoms. The van der Waals surface area contributed by atoms with Gasteiger partial charge in [0.25, 0.3) is 10.2 Å². The summed E-state index contributed by atoms with van der Waals surface area (Å²) in [6.45, 7) is 6.17. The van der Waals surface area contributed by atoms with E-state index in [0.29, 0.717) is 22.9 Å². The van der Waals surface area contributed by atoms with E-state index in [0.717, 1.165) is 24.0 Å². The number of benzene rings is 2. The number of allylic oxidation sites excluding steroid dienone is 1. The largest absolute Gasteiger partial charge is 0.330 e. The lowest BCUT2D eigenvalue weighted by Crippen LogP contribution is -2.59. The van der Waals surface area contributed by atoms with Gasteiger partial charge in [0.15, 0.2) is 0 Å². The standard InChI is InChI=1S/C29H37Cl2N3O3S/c1-6-16-29(2)18-25(22-8-7-9-24(31)17-22)27(21-12-14-23(30)15-13-21)34(28(29)35)26(20-10-11-20)19-33(5)38(36,37)32(3)4/h6-9,12-15,17,20,25-27H,1,10-11,16,18-19H2,2-5H3/t25-,26?,27-,29+/m1/s1. The first-order valence-corrected chi connectivity index (χ1v) is 15.1. The third kappa shape index (κ3) is 5.82. The Morgan fingerprint density at radius 1 is 1.08 bits per heavy atom. The third-order valence-electron chi connectivity index (χ3n) is 8.01. The molecular weight excluding hydrogens is 541 g/mol. The number of piperidine rings is 1. The van der Waals surface area contributed by atoms with Crippen LogP contribution in [0.1, 0.15) is 55.7 Å². The van der Waals surface area contributed by atoms with E-state index < -0.39 is 15.6 Å². The van der Waals surface area contributed by atoms with E-state index in [1.54, 1.807) is 7.05 Å². The molecule has 2 aliphatic rings. The van der Waals surface area contributed by atoms with Gasteiger partial charge in [-0.3, -0.25) is 4.79 Å². The summed E-state index contributed by atoms with van der Waals surface area (Å²) in [4.78, 5) is 16.5. The highest BCUT2D eigenvalue weighted by Crippen LogP contribution is 2.54. The molecule has 0 N–H and O–H groups in total. The Morgan fingerprint density at radius 3 is 2.29 bits per heavy atom. The molecule has 0 spiro atoms. The molecule has 1 heterocycles. The van der Waals surface area contributed by atoms with E-state index in [4.69, 9.17) is 23.2 Å². The average molecular weight is 579 g/mol. The van der Waals surface area contributed by atoms with Crippen LogP contribution in [-0.2, 0) is 15.0 Å². The fourth-order valence-electron chi connectivity index (χ4n) is 5.83. The fraction of sp³-hybridized carbons (Fsp3) is 0.483. The van der Waals surface area contributed by atoms with Crippen LogP contribution in [-0.4, -0.2) is 61.6 Å².